The maximum absolute atomic E-state index is 12.5. The third kappa shape index (κ3) is 6.44. The van der Waals surface area contributed by atoms with Gasteiger partial charge in [0.05, 0.1) is 25.5 Å². The predicted molar refractivity (Wildman–Crippen MR) is 119 cm³/mol. The average molecular weight is 465 g/mol. The first kappa shape index (κ1) is 25.2. The number of rotatable bonds is 11. The van der Waals surface area contributed by atoms with E-state index in [9.17, 15) is 18.0 Å². The van der Waals surface area contributed by atoms with Crippen LogP contribution in [0, 0.1) is 0 Å². The molecule has 0 saturated heterocycles. The van der Waals surface area contributed by atoms with E-state index in [1.807, 2.05) is 0 Å². The van der Waals surface area contributed by atoms with Crippen molar-refractivity contribution in [2.24, 2.45) is 0 Å². The van der Waals surface area contributed by atoms with E-state index < -0.39 is 28.5 Å². The quantitative estimate of drug-likeness (QED) is 0.509. The Morgan fingerprint density at radius 2 is 1.56 bits per heavy atom. The summed E-state index contributed by atoms with van der Waals surface area (Å²) >= 11 is 0. The van der Waals surface area contributed by atoms with Gasteiger partial charge in [-0.05, 0) is 42.0 Å². The Hall–Kier alpha value is -3.11. The van der Waals surface area contributed by atoms with E-state index in [-0.39, 0.29) is 11.3 Å². The molecule has 0 heterocycles. The monoisotopic (exact) mass is 464 g/mol. The molecule has 0 bridgehead atoms. The first-order valence-corrected chi connectivity index (χ1v) is 11.5. The van der Waals surface area contributed by atoms with E-state index in [1.54, 1.807) is 32.0 Å². The number of benzene rings is 2. The molecule has 2 aromatic rings. The van der Waals surface area contributed by atoms with Crippen molar-refractivity contribution >= 4 is 27.6 Å². The molecule has 0 spiro atoms. The van der Waals surface area contributed by atoms with Crippen LogP contribution in [0.2, 0.25) is 0 Å². The normalized spacial score (nSPS) is 11.2. The van der Waals surface area contributed by atoms with Crippen LogP contribution in [0.3, 0.4) is 0 Å². The highest BCUT2D eigenvalue weighted by Crippen LogP contribution is 2.27. The van der Waals surface area contributed by atoms with Crippen molar-refractivity contribution in [3.05, 3.63) is 48.0 Å². The largest absolute Gasteiger partial charge is 0.493 e. The average Bonchev–Trinajstić information content (AvgIpc) is 2.78. The molecule has 0 aliphatic rings. The lowest BCUT2D eigenvalue weighted by molar-refractivity contribution is -0.146. The summed E-state index contributed by atoms with van der Waals surface area (Å²) < 4.78 is 41.7. The Morgan fingerprint density at radius 1 is 0.938 bits per heavy atom. The highest BCUT2D eigenvalue weighted by molar-refractivity contribution is 7.89. The summed E-state index contributed by atoms with van der Waals surface area (Å²) in [6.45, 7) is 3.80. The van der Waals surface area contributed by atoms with Gasteiger partial charge in [-0.3, -0.25) is 9.59 Å². The minimum absolute atomic E-state index is 0.0362. The fourth-order valence-corrected chi connectivity index (χ4v) is 4.43. The first-order chi connectivity index (χ1) is 15.2. The lowest BCUT2D eigenvalue weighted by atomic mass is 10.1. The van der Waals surface area contributed by atoms with Gasteiger partial charge in [0, 0.05) is 18.8 Å². The number of methoxy groups -OCH3 is 2. The van der Waals surface area contributed by atoms with Crippen LogP contribution in [-0.2, 0) is 30.8 Å². The Balaban J connectivity index is 1.89. The predicted octanol–water partition coefficient (Wildman–Crippen LogP) is 2.46. The van der Waals surface area contributed by atoms with Gasteiger partial charge in [0.25, 0.3) is 5.91 Å². The maximum Gasteiger partial charge on any atom is 0.310 e. The highest BCUT2D eigenvalue weighted by atomic mass is 32.2. The molecule has 9 nitrogen and oxygen atoms in total. The molecule has 0 aliphatic carbocycles. The molecule has 1 amide bonds. The third-order valence-electron chi connectivity index (χ3n) is 4.64. The van der Waals surface area contributed by atoms with Gasteiger partial charge in [-0.15, -0.1) is 0 Å². The molecule has 174 valence electrons. The number of hydrogen-bond acceptors (Lipinski definition) is 7. The number of carbonyl (C=O) groups is 2. The molecular formula is C22H28N2O7S. The fourth-order valence-electron chi connectivity index (χ4n) is 2.97. The molecule has 1 N–H and O–H groups in total. The van der Waals surface area contributed by atoms with Crippen LogP contribution >= 0.6 is 0 Å². The van der Waals surface area contributed by atoms with Gasteiger partial charge in [0.2, 0.25) is 10.0 Å². The Morgan fingerprint density at radius 3 is 2.12 bits per heavy atom. The van der Waals surface area contributed by atoms with Crippen LogP contribution in [0.1, 0.15) is 19.4 Å². The number of hydrogen-bond donors (Lipinski definition) is 1. The second-order valence-corrected chi connectivity index (χ2v) is 8.63. The van der Waals surface area contributed by atoms with Crippen LogP contribution in [0.4, 0.5) is 5.69 Å². The van der Waals surface area contributed by atoms with Crippen LogP contribution < -0.4 is 14.8 Å². The maximum atomic E-state index is 12.5. The van der Waals surface area contributed by atoms with E-state index in [0.29, 0.717) is 35.8 Å². The second kappa shape index (κ2) is 11.5. The summed E-state index contributed by atoms with van der Waals surface area (Å²) in [6.07, 6.45) is -0.0362. The Bertz CT molecular complexity index is 1030. The molecular weight excluding hydrogens is 436 g/mol. The summed E-state index contributed by atoms with van der Waals surface area (Å²) in [5.74, 6) is -0.0834. The first-order valence-electron chi connectivity index (χ1n) is 10.0. The van der Waals surface area contributed by atoms with E-state index in [0.717, 1.165) is 0 Å². The molecule has 0 atom stereocenters. The van der Waals surface area contributed by atoms with Gasteiger partial charge < -0.3 is 19.5 Å². The molecule has 0 aromatic heterocycles. The molecule has 2 rings (SSSR count). The number of nitrogens with zero attached hydrogens (tertiary/aromatic N) is 1. The Labute approximate surface area is 188 Å². The molecule has 2 aromatic carbocycles. The minimum atomic E-state index is -3.57. The summed E-state index contributed by atoms with van der Waals surface area (Å²) in [5.41, 5.74) is 1.04. The SMILES string of the molecule is CCN(CC)S(=O)(=O)c1ccc(NC(=O)COC(=O)Cc2ccc(OC)c(OC)c2)cc1. The zero-order valence-electron chi connectivity index (χ0n) is 18.6. The van der Waals surface area contributed by atoms with Crippen LogP contribution in [-0.4, -0.2) is 58.5 Å². The molecule has 0 saturated carbocycles. The van der Waals surface area contributed by atoms with Crippen molar-refractivity contribution < 1.29 is 32.2 Å². The molecule has 0 unspecified atom stereocenters. The smallest absolute Gasteiger partial charge is 0.310 e. The molecule has 0 fully saturated rings. The van der Waals surface area contributed by atoms with E-state index in [2.05, 4.69) is 5.32 Å². The van der Waals surface area contributed by atoms with Crippen molar-refractivity contribution in [2.45, 2.75) is 25.2 Å². The molecule has 0 radical (unpaired) electrons. The summed E-state index contributed by atoms with van der Waals surface area (Å²) in [6, 6.07) is 10.9. The number of nitrogens with one attached hydrogen (secondary N) is 1. The summed E-state index contributed by atoms with van der Waals surface area (Å²) in [7, 11) is -0.561. The van der Waals surface area contributed by atoms with Gasteiger partial charge in [-0.2, -0.15) is 4.31 Å². The van der Waals surface area contributed by atoms with E-state index in [1.165, 1.54) is 42.8 Å². The van der Waals surface area contributed by atoms with Crippen LogP contribution in [0.15, 0.2) is 47.4 Å². The van der Waals surface area contributed by atoms with Crippen molar-refractivity contribution in [1.29, 1.82) is 0 Å². The van der Waals surface area contributed by atoms with Crippen LogP contribution in [0.5, 0.6) is 11.5 Å². The van der Waals surface area contributed by atoms with Gasteiger partial charge >= 0.3 is 5.97 Å². The minimum Gasteiger partial charge on any atom is -0.493 e. The van der Waals surface area contributed by atoms with Crippen molar-refractivity contribution in [1.82, 2.24) is 4.31 Å². The number of sulfonamides is 1. The lowest BCUT2D eigenvalue weighted by Crippen LogP contribution is -2.30. The van der Waals surface area contributed by atoms with Gasteiger partial charge in [-0.25, -0.2) is 8.42 Å². The van der Waals surface area contributed by atoms with Gasteiger partial charge in [0.15, 0.2) is 18.1 Å². The van der Waals surface area contributed by atoms with Crippen molar-refractivity contribution in [2.75, 3.05) is 39.2 Å². The van der Waals surface area contributed by atoms with E-state index in [4.69, 9.17) is 14.2 Å². The summed E-state index contributed by atoms with van der Waals surface area (Å²) in [4.78, 5) is 24.3. The third-order valence-corrected chi connectivity index (χ3v) is 6.71. The number of esters is 1. The van der Waals surface area contributed by atoms with Gasteiger partial charge in [-0.1, -0.05) is 19.9 Å². The summed E-state index contributed by atoms with van der Waals surface area (Å²) in [5, 5.41) is 2.57. The lowest BCUT2D eigenvalue weighted by Gasteiger charge is -2.18. The number of ether oxygens (including phenoxy) is 3. The second-order valence-electron chi connectivity index (χ2n) is 6.69. The fraction of sp³-hybridized carbons (Fsp3) is 0.364. The number of amides is 1. The molecule has 32 heavy (non-hydrogen) atoms. The van der Waals surface area contributed by atoms with Crippen molar-refractivity contribution in [3.8, 4) is 11.5 Å². The zero-order valence-corrected chi connectivity index (χ0v) is 19.4. The van der Waals surface area contributed by atoms with Crippen molar-refractivity contribution in [3.63, 3.8) is 0 Å². The Kier molecular flexibility index (Phi) is 9.03. The zero-order chi connectivity index (χ0) is 23.7. The molecule has 10 heteroatoms. The van der Waals surface area contributed by atoms with E-state index >= 15 is 0 Å². The standard InChI is InChI=1S/C22H28N2O7S/c1-5-24(6-2)32(27,28)18-10-8-17(9-11-18)23-21(25)15-31-22(26)14-16-7-12-19(29-3)20(13-16)30-4/h7-13H,5-6,14-15H2,1-4H3,(H,23,25). The highest BCUT2D eigenvalue weighted by Gasteiger charge is 2.21. The topological polar surface area (TPSA) is 111 Å². The number of anilines is 1. The van der Waals surface area contributed by atoms with Crippen LogP contribution in [0.25, 0.3) is 0 Å². The number of carbonyl (C=O) groups excluding carboxylic acids is 2. The molecule has 0 aliphatic heterocycles. The van der Waals surface area contributed by atoms with Gasteiger partial charge in [0.1, 0.15) is 0 Å².